The third-order valence-corrected chi connectivity index (χ3v) is 7.27. The standard InChI is InChI=1S/C31H22ClN3O2S/c1-37-24-15-11-22(12-16-24)29-17-26(21-9-13-23(32)14-10-21)27(18-33)31(35-29)38-19-30(36)34-28-8-4-6-20-5-2-3-7-25(20)28/h2-17H,19H2,1H3,(H,34,36). The van der Waals surface area contributed by atoms with E-state index in [0.717, 1.165) is 38.9 Å². The molecule has 0 atom stereocenters. The minimum atomic E-state index is -0.181. The van der Waals surface area contributed by atoms with E-state index in [4.69, 9.17) is 21.3 Å². The highest BCUT2D eigenvalue weighted by molar-refractivity contribution is 8.00. The molecule has 0 fully saturated rings. The molecule has 0 spiro atoms. The Labute approximate surface area is 230 Å². The maximum absolute atomic E-state index is 13.0. The molecule has 1 N–H and O–H groups in total. The number of carbonyl (C=O) groups excluding carboxylic acids is 1. The van der Waals surface area contributed by atoms with Crippen molar-refractivity contribution in [3.8, 4) is 34.2 Å². The number of hydrogen-bond donors (Lipinski definition) is 1. The molecule has 5 rings (SSSR count). The number of halogens is 1. The fourth-order valence-electron chi connectivity index (χ4n) is 4.16. The zero-order chi connectivity index (χ0) is 26.5. The van der Waals surface area contributed by atoms with Crippen molar-refractivity contribution in [1.82, 2.24) is 4.98 Å². The molecule has 1 aromatic heterocycles. The largest absolute Gasteiger partial charge is 0.497 e. The molecule has 1 heterocycles. The average Bonchev–Trinajstić information content (AvgIpc) is 2.96. The molecule has 7 heteroatoms. The summed E-state index contributed by atoms with van der Waals surface area (Å²) in [6.45, 7) is 0. The van der Waals surface area contributed by atoms with Crippen molar-refractivity contribution in [2.24, 2.45) is 0 Å². The van der Waals surface area contributed by atoms with Crippen molar-refractivity contribution < 1.29 is 9.53 Å². The van der Waals surface area contributed by atoms with Gasteiger partial charge in [0.2, 0.25) is 5.91 Å². The minimum Gasteiger partial charge on any atom is -0.497 e. The summed E-state index contributed by atoms with van der Waals surface area (Å²) in [6, 6.07) is 32.8. The molecule has 0 saturated heterocycles. The van der Waals surface area contributed by atoms with E-state index in [0.29, 0.717) is 21.3 Å². The zero-order valence-electron chi connectivity index (χ0n) is 20.4. The van der Waals surface area contributed by atoms with Crippen molar-refractivity contribution in [2.45, 2.75) is 5.03 Å². The van der Waals surface area contributed by atoms with Gasteiger partial charge < -0.3 is 10.1 Å². The number of rotatable bonds is 7. The second-order valence-corrected chi connectivity index (χ2v) is 9.85. The number of hydrogen-bond acceptors (Lipinski definition) is 5. The normalized spacial score (nSPS) is 10.7. The second kappa shape index (κ2) is 11.4. The lowest BCUT2D eigenvalue weighted by molar-refractivity contribution is -0.113. The highest BCUT2D eigenvalue weighted by Crippen LogP contribution is 2.35. The van der Waals surface area contributed by atoms with Gasteiger partial charge in [0.1, 0.15) is 16.8 Å². The Bertz CT molecular complexity index is 1660. The summed E-state index contributed by atoms with van der Waals surface area (Å²) in [5, 5.41) is 16.2. The summed E-state index contributed by atoms with van der Waals surface area (Å²) in [4.78, 5) is 17.8. The first-order valence-corrected chi connectivity index (χ1v) is 13.2. The highest BCUT2D eigenvalue weighted by atomic mass is 35.5. The molecule has 38 heavy (non-hydrogen) atoms. The first-order chi connectivity index (χ1) is 18.6. The Hall–Kier alpha value is -4.31. The lowest BCUT2D eigenvalue weighted by atomic mass is 9.99. The van der Waals surface area contributed by atoms with Gasteiger partial charge in [0, 0.05) is 27.2 Å². The van der Waals surface area contributed by atoms with Crippen LogP contribution in [0.2, 0.25) is 5.02 Å². The predicted molar refractivity (Wildman–Crippen MR) is 155 cm³/mol. The van der Waals surface area contributed by atoms with Crippen LogP contribution in [-0.4, -0.2) is 23.8 Å². The van der Waals surface area contributed by atoms with Gasteiger partial charge in [-0.3, -0.25) is 4.79 Å². The number of nitrogens with zero attached hydrogens (tertiary/aromatic N) is 2. The van der Waals surface area contributed by atoms with E-state index in [9.17, 15) is 10.1 Å². The average molecular weight is 536 g/mol. The monoisotopic (exact) mass is 535 g/mol. The number of methoxy groups -OCH3 is 1. The van der Waals surface area contributed by atoms with E-state index in [1.54, 1.807) is 19.2 Å². The van der Waals surface area contributed by atoms with Gasteiger partial charge >= 0.3 is 0 Å². The lowest BCUT2D eigenvalue weighted by Gasteiger charge is -2.13. The maximum Gasteiger partial charge on any atom is 0.234 e. The number of ether oxygens (including phenoxy) is 1. The van der Waals surface area contributed by atoms with Crippen molar-refractivity contribution >= 4 is 45.7 Å². The number of nitrogens with one attached hydrogen (secondary N) is 1. The SMILES string of the molecule is COc1ccc(-c2cc(-c3ccc(Cl)cc3)c(C#N)c(SCC(=O)Nc3cccc4ccccc34)n2)cc1. The lowest BCUT2D eigenvalue weighted by Crippen LogP contribution is -2.14. The Kier molecular flexibility index (Phi) is 7.60. The van der Waals surface area contributed by atoms with Gasteiger partial charge in [0.15, 0.2) is 0 Å². The molecule has 4 aromatic carbocycles. The number of anilines is 1. The molecule has 186 valence electrons. The molecular formula is C31H22ClN3O2S. The van der Waals surface area contributed by atoms with Crippen LogP contribution in [-0.2, 0) is 4.79 Å². The smallest absolute Gasteiger partial charge is 0.234 e. The molecule has 0 radical (unpaired) electrons. The molecule has 5 nitrogen and oxygen atoms in total. The molecule has 0 bridgehead atoms. The highest BCUT2D eigenvalue weighted by Gasteiger charge is 2.17. The van der Waals surface area contributed by atoms with Crippen LogP contribution in [0.4, 0.5) is 5.69 Å². The van der Waals surface area contributed by atoms with Crippen LogP contribution in [0.1, 0.15) is 5.56 Å². The molecule has 0 aliphatic heterocycles. The van der Waals surface area contributed by atoms with E-state index < -0.39 is 0 Å². The first-order valence-electron chi connectivity index (χ1n) is 11.8. The fraction of sp³-hybridized carbons (Fsp3) is 0.0645. The summed E-state index contributed by atoms with van der Waals surface area (Å²) in [5.74, 6) is 0.650. The van der Waals surface area contributed by atoms with Crippen LogP contribution in [0, 0.1) is 11.3 Å². The summed E-state index contributed by atoms with van der Waals surface area (Å²) in [6.07, 6.45) is 0. The first kappa shape index (κ1) is 25.3. The van der Waals surface area contributed by atoms with E-state index >= 15 is 0 Å². The van der Waals surface area contributed by atoms with Gasteiger partial charge in [0.25, 0.3) is 0 Å². The van der Waals surface area contributed by atoms with Gasteiger partial charge in [-0.2, -0.15) is 5.26 Å². The van der Waals surface area contributed by atoms with Crippen molar-refractivity contribution in [3.63, 3.8) is 0 Å². The van der Waals surface area contributed by atoms with Crippen molar-refractivity contribution in [1.29, 1.82) is 5.26 Å². The summed E-state index contributed by atoms with van der Waals surface area (Å²) < 4.78 is 5.29. The number of benzene rings is 4. The van der Waals surface area contributed by atoms with Gasteiger partial charge in [-0.25, -0.2) is 4.98 Å². The topological polar surface area (TPSA) is 75.0 Å². The van der Waals surface area contributed by atoms with Crippen LogP contribution >= 0.6 is 23.4 Å². The Morgan fingerprint density at radius 1 is 0.974 bits per heavy atom. The Morgan fingerprint density at radius 2 is 1.68 bits per heavy atom. The fourth-order valence-corrected chi connectivity index (χ4v) is 5.08. The number of carbonyl (C=O) groups is 1. The third kappa shape index (κ3) is 5.50. The van der Waals surface area contributed by atoms with E-state index in [1.165, 1.54) is 11.8 Å². The Morgan fingerprint density at radius 3 is 2.42 bits per heavy atom. The number of fused-ring (bicyclic) bond motifs is 1. The van der Waals surface area contributed by atoms with Crippen LogP contribution in [0.5, 0.6) is 5.75 Å². The van der Waals surface area contributed by atoms with Gasteiger partial charge in [-0.1, -0.05) is 71.9 Å². The van der Waals surface area contributed by atoms with Gasteiger partial charge in [-0.05, 0) is 59.5 Å². The van der Waals surface area contributed by atoms with Crippen molar-refractivity contribution in [3.05, 3.63) is 108 Å². The summed E-state index contributed by atoms with van der Waals surface area (Å²) in [7, 11) is 1.62. The van der Waals surface area contributed by atoms with Crippen LogP contribution in [0.3, 0.4) is 0 Å². The van der Waals surface area contributed by atoms with Gasteiger partial charge in [0.05, 0.1) is 24.1 Å². The number of thioether (sulfide) groups is 1. The molecular weight excluding hydrogens is 514 g/mol. The van der Waals surface area contributed by atoms with E-state index in [1.807, 2.05) is 84.9 Å². The molecule has 1 amide bonds. The van der Waals surface area contributed by atoms with Crippen LogP contribution in [0.25, 0.3) is 33.2 Å². The molecule has 0 aliphatic carbocycles. The molecule has 0 aliphatic rings. The van der Waals surface area contributed by atoms with E-state index in [2.05, 4.69) is 11.4 Å². The quantitative estimate of drug-likeness (QED) is 0.215. The Balaban J connectivity index is 1.48. The maximum atomic E-state index is 13.0. The van der Waals surface area contributed by atoms with E-state index in [-0.39, 0.29) is 11.7 Å². The second-order valence-electron chi connectivity index (χ2n) is 8.45. The minimum absolute atomic E-state index is 0.0943. The predicted octanol–water partition coefficient (Wildman–Crippen LogP) is 7.83. The molecule has 0 saturated carbocycles. The molecule has 0 unspecified atom stereocenters. The summed E-state index contributed by atoms with van der Waals surface area (Å²) >= 11 is 7.35. The van der Waals surface area contributed by atoms with Gasteiger partial charge in [-0.15, -0.1) is 0 Å². The summed E-state index contributed by atoms with van der Waals surface area (Å²) in [5.41, 5.74) is 4.27. The van der Waals surface area contributed by atoms with Crippen LogP contribution in [0.15, 0.2) is 102 Å². The number of aromatic nitrogens is 1. The zero-order valence-corrected chi connectivity index (χ0v) is 22.0. The number of nitriles is 1. The van der Waals surface area contributed by atoms with Crippen LogP contribution < -0.4 is 10.1 Å². The van der Waals surface area contributed by atoms with Crippen molar-refractivity contribution in [2.75, 3.05) is 18.2 Å². The third-order valence-electron chi connectivity index (χ3n) is 6.04. The number of pyridine rings is 1. The molecule has 5 aromatic rings. The number of amides is 1.